The van der Waals surface area contributed by atoms with Gasteiger partial charge in [-0.1, -0.05) is 6.07 Å². The first-order valence-corrected chi connectivity index (χ1v) is 9.30. The van der Waals surface area contributed by atoms with Crippen LogP contribution in [-0.4, -0.2) is 27.7 Å². The number of nitrogens with zero attached hydrogens (tertiary/aromatic N) is 2. The quantitative estimate of drug-likeness (QED) is 0.519. The molecule has 2 aromatic rings. The lowest BCUT2D eigenvalue weighted by Gasteiger charge is -2.10. The number of imidazole rings is 1. The van der Waals surface area contributed by atoms with Crippen molar-refractivity contribution in [2.75, 3.05) is 12.0 Å². The number of aromatic nitrogens is 2. The second-order valence-corrected chi connectivity index (χ2v) is 6.56. The number of halogens is 1. The maximum Gasteiger partial charge on any atom is 0.147 e. The van der Waals surface area contributed by atoms with Crippen LogP contribution in [0.2, 0.25) is 0 Å². The van der Waals surface area contributed by atoms with Gasteiger partial charge in [-0.05, 0) is 50.8 Å². The molecule has 0 unspecified atom stereocenters. The first-order chi connectivity index (χ1) is 10.2. The predicted octanol–water partition coefficient (Wildman–Crippen LogP) is 4.71. The molecule has 0 spiro atoms. The third-order valence-electron chi connectivity index (χ3n) is 3.28. The Labute approximate surface area is 136 Å². The van der Waals surface area contributed by atoms with E-state index in [4.69, 9.17) is 16.3 Å². The van der Waals surface area contributed by atoms with Gasteiger partial charge in [0.25, 0.3) is 0 Å². The van der Waals surface area contributed by atoms with Crippen LogP contribution in [0, 0.1) is 0 Å². The first-order valence-electron chi connectivity index (χ1n) is 7.37. The van der Waals surface area contributed by atoms with Crippen molar-refractivity contribution in [3.63, 3.8) is 0 Å². The zero-order valence-electron chi connectivity index (χ0n) is 12.9. The van der Waals surface area contributed by atoms with Crippen molar-refractivity contribution in [1.29, 1.82) is 0 Å². The van der Waals surface area contributed by atoms with Gasteiger partial charge in [0.05, 0.1) is 17.5 Å². The highest BCUT2D eigenvalue weighted by Gasteiger charge is 2.14. The Morgan fingerprint density at radius 2 is 2.14 bits per heavy atom. The van der Waals surface area contributed by atoms with Crippen molar-refractivity contribution >= 4 is 34.4 Å². The number of unbranched alkanes of at least 4 members (excludes halogenated alkanes) is 1. The van der Waals surface area contributed by atoms with Crippen LogP contribution in [0.1, 0.15) is 32.5 Å². The highest BCUT2D eigenvalue weighted by atomic mass is 35.5. The fourth-order valence-electron chi connectivity index (χ4n) is 2.39. The number of benzene rings is 1. The Kier molecular flexibility index (Phi) is 6.24. The van der Waals surface area contributed by atoms with E-state index in [1.54, 1.807) is 0 Å². The largest absolute Gasteiger partial charge is 0.489 e. The van der Waals surface area contributed by atoms with E-state index < -0.39 is 0 Å². The van der Waals surface area contributed by atoms with Crippen LogP contribution in [0.5, 0.6) is 5.75 Å². The number of thioether (sulfide) groups is 1. The van der Waals surface area contributed by atoms with Crippen molar-refractivity contribution in [1.82, 2.24) is 9.55 Å². The number of rotatable bonds is 8. The van der Waals surface area contributed by atoms with E-state index in [1.165, 1.54) is 12.2 Å². The topological polar surface area (TPSA) is 27.1 Å². The summed E-state index contributed by atoms with van der Waals surface area (Å²) in [6.07, 6.45) is 4.64. The number of aryl methyl sites for hydroxylation is 1. The van der Waals surface area contributed by atoms with E-state index in [1.807, 2.05) is 37.7 Å². The van der Waals surface area contributed by atoms with Gasteiger partial charge in [-0.3, -0.25) is 0 Å². The molecule has 0 fully saturated rings. The van der Waals surface area contributed by atoms with Gasteiger partial charge < -0.3 is 9.30 Å². The molecule has 5 heteroatoms. The van der Waals surface area contributed by atoms with Crippen LogP contribution in [0.4, 0.5) is 0 Å². The summed E-state index contributed by atoms with van der Waals surface area (Å²) >= 11 is 7.96. The molecule has 0 aliphatic rings. The smallest absolute Gasteiger partial charge is 0.147 e. The average molecular weight is 327 g/mol. The molecule has 0 radical (unpaired) electrons. The number of para-hydroxylation sites is 1. The van der Waals surface area contributed by atoms with Gasteiger partial charge in [0.1, 0.15) is 17.1 Å². The molecule has 0 aliphatic carbocycles. The summed E-state index contributed by atoms with van der Waals surface area (Å²) in [6.45, 7) is 5.02. The molecule has 1 heterocycles. The lowest BCUT2D eigenvalue weighted by atomic mass is 10.2. The zero-order valence-corrected chi connectivity index (χ0v) is 14.5. The number of hydrogen-bond donors (Lipinski definition) is 0. The first kappa shape index (κ1) is 16.5. The van der Waals surface area contributed by atoms with E-state index >= 15 is 0 Å². The molecule has 2 rings (SSSR count). The summed E-state index contributed by atoms with van der Waals surface area (Å²) in [5, 5.41) is 0. The van der Waals surface area contributed by atoms with Crippen molar-refractivity contribution < 1.29 is 4.74 Å². The molecular weight excluding hydrogens is 304 g/mol. The molecule has 116 valence electrons. The Balaban J connectivity index is 2.30. The standard InChI is InChI=1S/C16H23ClN2OS/c1-12(2)20-14-8-6-7-13-16(14)18-15(11-17)19(13)9-4-5-10-21-3/h6-8,12H,4-5,9-11H2,1-3H3. The zero-order chi connectivity index (χ0) is 15.2. The van der Waals surface area contributed by atoms with E-state index in [0.29, 0.717) is 5.88 Å². The normalized spacial score (nSPS) is 11.5. The molecule has 0 amide bonds. The number of fused-ring (bicyclic) bond motifs is 1. The summed E-state index contributed by atoms with van der Waals surface area (Å²) in [7, 11) is 0. The van der Waals surface area contributed by atoms with E-state index in [0.717, 1.165) is 35.6 Å². The average Bonchev–Trinajstić information content (AvgIpc) is 2.82. The van der Waals surface area contributed by atoms with E-state index in [-0.39, 0.29) is 6.10 Å². The van der Waals surface area contributed by atoms with Gasteiger partial charge in [0.2, 0.25) is 0 Å². The Bertz CT molecular complexity index is 583. The van der Waals surface area contributed by atoms with Gasteiger partial charge in [-0.2, -0.15) is 11.8 Å². The van der Waals surface area contributed by atoms with Gasteiger partial charge >= 0.3 is 0 Å². The fourth-order valence-corrected chi connectivity index (χ4v) is 3.08. The van der Waals surface area contributed by atoms with Gasteiger partial charge in [0, 0.05) is 6.54 Å². The molecule has 1 aromatic carbocycles. The van der Waals surface area contributed by atoms with Crippen molar-refractivity contribution in [2.24, 2.45) is 0 Å². The van der Waals surface area contributed by atoms with Gasteiger partial charge in [-0.25, -0.2) is 4.98 Å². The van der Waals surface area contributed by atoms with Crippen LogP contribution in [0.3, 0.4) is 0 Å². The SMILES string of the molecule is CSCCCCn1c(CCl)nc2c(OC(C)C)cccc21. The van der Waals surface area contributed by atoms with Crippen LogP contribution < -0.4 is 4.74 Å². The van der Waals surface area contributed by atoms with Crippen LogP contribution in [0.15, 0.2) is 18.2 Å². The van der Waals surface area contributed by atoms with Crippen LogP contribution in [-0.2, 0) is 12.4 Å². The summed E-state index contributed by atoms with van der Waals surface area (Å²) in [6, 6.07) is 6.10. The number of hydrogen-bond acceptors (Lipinski definition) is 3. The second-order valence-electron chi connectivity index (χ2n) is 5.30. The van der Waals surface area contributed by atoms with Gasteiger partial charge in [-0.15, -0.1) is 11.6 Å². The van der Waals surface area contributed by atoms with Crippen molar-refractivity contribution in [3.8, 4) is 5.75 Å². The minimum atomic E-state index is 0.141. The fraction of sp³-hybridized carbons (Fsp3) is 0.562. The third-order valence-corrected chi connectivity index (χ3v) is 4.22. The summed E-state index contributed by atoms with van der Waals surface area (Å²) in [4.78, 5) is 4.68. The van der Waals surface area contributed by atoms with E-state index in [9.17, 15) is 0 Å². The number of alkyl halides is 1. The van der Waals surface area contributed by atoms with Crippen molar-refractivity contribution in [3.05, 3.63) is 24.0 Å². The molecule has 0 saturated carbocycles. The molecule has 0 atom stereocenters. The molecule has 0 saturated heterocycles. The second kappa shape index (κ2) is 7.95. The molecule has 3 nitrogen and oxygen atoms in total. The monoisotopic (exact) mass is 326 g/mol. The molecule has 0 bridgehead atoms. The maximum absolute atomic E-state index is 6.07. The van der Waals surface area contributed by atoms with E-state index in [2.05, 4.69) is 21.9 Å². The Hall–Kier alpha value is -0.870. The minimum Gasteiger partial charge on any atom is -0.489 e. The lowest BCUT2D eigenvalue weighted by Crippen LogP contribution is -2.06. The lowest BCUT2D eigenvalue weighted by molar-refractivity contribution is 0.245. The molecule has 1 aromatic heterocycles. The van der Waals surface area contributed by atoms with Gasteiger partial charge in [0.15, 0.2) is 0 Å². The summed E-state index contributed by atoms with van der Waals surface area (Å²) in [5.74, 6) is 3.40. The Morgan fingerprint density at radius 1 is 1.33 bits per heavy atom. The van der Waals surface area contributed by atoms with Crippen LogP contribution >= 0.6 is 23.4 Å². The maximum atomic E-state index is 6.07. The van der Waals surface area contributed by atoms with Crippen LogP contribution in [0.25, 0.3) is 11.0 Å². The summed E-state index contributed by atoms with van der Waals surface area (Å²) in [5.41, 5.74) is 2.04. The molecule has 21 heavy (non-hydrogen) atoms. The molecular formula is C16H23ClN2OS. The summed E-state index contributed by atoms with van der Waals surface area (Å²) < 4.78 is 8.09. The molecule has 0 N–H and O–H groups in total. The van der Waals surface area contributed by atoms with Crippen molar-refractivity contribution in [2.45, 2.75) is 45.2 Å². The highest BCUT2D eigenvalue weighted by Crippen LogP contribution is 2.28. The minimum absolute atomic E-state index is 0.141. The molecule has 0 aliphatic heterocycles. The highest BCUT2D eigenvalue weighted by molar-refractivity contribution is 7.98. The third kappa shape index (κ3) is 4.07. The Morgan fingerprint density at radius 3 is 2.81 bits per heavy atom. The number of ether oxygens (including phenoxy) is 1. The predicted molar refractivity (Wildman–Crippen MR) is 92.7 cm³/mol.